The molecule has 0 aliphatic carbocycles. The molecule has 8 heteroatoms. The summed E-state index contributed by atoms with van der Waals surface area (Å²) in [5.41, 5.74) is 1.57. The van der Waals surface area contributed by atoms with Gasteiger partial charge < -0.3 is 20.6 Å². The van der Waals surface area contributed by atoms with E-state index >= 15 is 0 Å². The van der Waals surface area contributed by atoms with E-state index in [1.54, 1.807) is 22.7 Å². The van der Waals surface area contributed by atoms with E-state index in [4.69, 9.17) is 0 Å². The molecule has 7 nitrogen and oxygen atoms in total. The van der Waals surface area contributed by atoms with Crippen molar-refractivity contribution in [1.29, 1.82) is 0 Å². The fraction of sp³-hybridized carbons (Fsp3) is 0.625. The first kappa shape index (κ1) is 24.6. The number of carbonyl (C=O) groups is 3. The molecule has 0 aromatic heterocycles. The number of hydrogen-bond donors (Lipinski definition) is 3. The Balaban J connectivity index is 1.84. The number of nitrogens with one attached hydrogen (secondary N) is 2. The molecule has 32 heavy (non-hydrogen) atoms. The number of thioether (sulfide) groups is 1. The van der Waals surface area contributed by atoms with Crippen LogP contribution in [0.2, 0.25) is 0 Å². The van der Waals surface area contributed by atoms with Crippen molar-refractivity contribution in [2.45, 2.75) is 76.2 Å². The Morgan fingerprint density at radius 2 is 1.84 bits per heavy atom. The Hall–Kier alpha value is -2.06. The minimum absolute atomic E-state index is 0.0592. The van der Waals surface area contributed by atoms with E-state index in [2.05, 4.69) is 10.6 Å². The largest absolute Gasteiger partial charge is 0.394 e. The first-order valence-electron chi connectivity index (χ1n) is 11.3. The number of amides is 3. The van der Waals surface area contributed by atoms with Crippen molar-refractivity contribution in [1.82, 2.24) is 15.5 Å². The molecule has 0 radical (unpaired) electrons. The third-order valence-corrected chi connectivity index (χ3v) is 8.20. The zero-order chi connectivity index (χ0) is 23.8. The molecule has 3 rings (SSSR count). The molecule has 2 aliphatic rings. The normalized spacial score (nSPS) is 24.0. The van der Waals surface area contributed by atoms with E-state index in [0.717, 1.165) is 5.56 Å². The minimum Gasteiger partial charge on any atom is -0.394 e. The third kappa shape index (κ3) is 4.39. The molecular weight excluding hydrogens is 426 g/mol. The van der Waals surface area contributed by atoms with Gasteiger partial charge in [0.1, 0.15) is 17.5 Å². The van der Waals surface area contributed by atoms with Crippen LogP contribution in [0.4, 0.5) is 0 Å². The lowest BCUT2D eigenvalue weighted by molar-refractivity contribution is -0.133. The van der Waals surface area contributed by atoms with Gasteiger partial charge in [0.05, 0.1) is 12.6 Å². The van der Waals surface area contributed by atoms with Crippen molar-refractivity contribution in [2.75, 3.05) is 6.61 Å². The van der Waals surface area contributed by atoms with E-state index in [1.165, 1.54) is 0 Å². The molecule has 2 heterocycles. The molecule has 0 unspecified atom stereocenters. The molecule has 3 N–H and O–H groups in total. The molecule has 176 valence electrons. The van der Waals surface area contributed by atoms with Gasteiger partial charge in [-0.3, -0.25) is 14.4 Å². The maximum atomic E-state index is 13.6. The molecule has 2 aliphatic heterocycles. The van der Waals surface area contributed by atoms with Crippen LogP contribution in [-0.4, -0.2) is 57.2 Å². The molecule has 1 fully saturated rings. The third-order valence-electron chi connectivity index (χ3n) is 6.67. The summed E-state index contributed by atoms with van der Waals surface area (Å²) in [6.45, 7) is 11.5. The van der Waals surface area contributed by atoms with E-state index in [1.807, 2.05) is 59.7 Å². The van der Waals surface area contributed by atoms with Crippen LogP contribution in [-0.2, 0) is 9.59 Å². The van der Waals surface area contributed by atoms with Gasteiger partial charge in [-0.15, -0.1) is 11.8 Å². The topological polar surface area (TPSA) is 98.7 Å². The number of nitrogens with zero attached hydrogens (tertiary/aromatic N) is 1. The van der Waals surface area contributed by atoms with Crippen molar-refractivity contribution in [2.24, 2.45) is 11.8 Å². The highest BCUT2D eigenvalue weighted by Crippen LogP contribution is 2.56. The van der Waals surface area contributed by atoms with Gasteiger partial charge >= 0.3 is 0 Å². The van der Waals surface area contributed by atoms with E-state index < -0.39 is 16.8 Å². The van der Waals surface area contributed by atoms with Crippen LogP contribution >= 0.6 is 11.8 Å². The average Bonchev–Trinajstić information content (AvgIpc) is 3.18. The summed E-state index contributed by atoms with van der Waals surface area (Å²) in [7, 11) is 0. The second kappa shape index (κ2) is 9.43. The number of rotatable bonds is 8. The lowest BCUT2D eigenvalue weighted by Crippen LogP contribution is -2.59. The molecule has 1 aromatic carbocycles. The number of aliphatic hydroxyl groups is 1. The zero-order valence-corrected chi connectivity index (χ0v) is 20.5. The maximum absolute atomic E-state index is 13.6. The van der Waals surface area contributed by atoms with Crippen LogP contribution in [0.1, 0.15) is 69.3 Å². The molecular formula is C24H35N3O4S. The molecule has 5 atom stereocenters. The summed E-state index contributed by atoms with van der Waals surface area (Å²) in [6.07, 6.45) is 0.698. The zero-order valence-electron chi connectivity index (χ0n) is 19.7. The highest BCUT2D eigenvalue weighted by Gasteiger charge is 2.57. The van der Waals surface area contributed by atoms with E-state index in [-0.39, 0.29) is 47.6 Å². The van der Waals surface area contributed by atoms with Crippen LogP contribution in [0.15, 0.2) is 24.3 Å². The minimum atomic E-state index is -0.750. The lowest BCUT2D eigenvalue weighted by atomic mass is 9.95. The fourth-order valence-electron chi connectivity index (χ4n) is 4.43. The highest BCUT2D eigenvalue weighted by molar-refractivity contribution is 8.01. The Morgan fingerprint density at radius 1 is 1.19 bits per heavy atom. The van der Waals surface area contributed by atoms with Crippen molar-refractivity contribution in [3.63, 3.8) is 0 Å². The number of fused-ring (bicyclic) bond motifs is 3. The number of carbonyl (C=O) groups excluding carboxylic acids is 3. The van der Waals surface area contributed by atoms with Gasteiger partial charge in [-0.1, -0.05) is 52.3 Å². The Kier molecular flexibility index (Phi) is 7.25. The number of benzene rings is 1. The monoisotopic (exact) mass is 461 g/mol. The van der Waals surface area contributed by atoms with Crippen molar-refractivity contribution < 1.29 is 19.5 Å². The van der Waals surface area contributed by atoms with E-state index in [9.17, 15) is 19.5 Å². The van der Waals surface area contributed by atoms with Crippen LogP contribution < -0.4 is 10.6 Å². The standard InChI is InChI=1S/C24H35N3O4S/c1-7-14(4)18(20(29)25-17(12-28)13(2)3)26-21(30)19-24(5,6)32-23-16-11-9-8-10-15(16)22(31)27(19)23/h8-11,13-14,17-19,23,28H,7,12H2,1-6H3,(H,25,29)(H,26,30)/t14-,17+,18+,19-,23+/m1/s1. The van der Waals surface area contributed by atoms with Crippen molar-refractivity contribution >= 4 is 29.5 Å². The second-order valence-corrected chi connectivity index (χ2v) is 11.4. The first-order valence-corrected chi connectivity index (χ1v) is 12.2. The van der Waals surface area contributed by atoms with Crippen LogP contribution in [0, 0.1) is 11.8 Å². The molecule has 3 amide bonds. The summed E-state index contributed by atoms with van der Waals surface area (Å²) in [4.78, 5) is 41.5. The van der Waals surface area contributed by atoms with Gasteiger partial charge in [0, 0.05) is 10.3 Å². The average molecular weight is 462 g/mol. The molecule has 0 spiro atoms. The van der Waals surface area contributed by atoms with Gasteiger partial charge in [-0.05, 0) is 37.3 Å². The van der Waals surface area contributed by atoms with Crippen molar-refractivity contribution in [3.05, 3.63) is 35.4 Å². The predicted molar refractivity (Wildman–Crippen MR) is 126 cm³/mol. The molecule has 1 aromatic rings. The van der Waals surface area contributed by atoms with Crippen molar-refractivity contribution in [3.8, 4) is 0 Å². The summed E-state index contributed by atoms with van der Waals surface area (Å²) in [5.74, 6) is -0.824. The second-order valence-electron chi connectivity index (χ2n) is 9.69. The SMILES string of the molecule is CC[C@@H](C)[C@H](NC(=O)[C@H]1N2C(=O)c3ccccc3[C@@H]2SC1(C)C)C(=O)N[C@@H](CO)C(C)C. The fourth-order valence-corrected chi connectivity index (χ4v) is 6.02. The molecule has 0 saturated carbocycles. The summed E-state index contributed by atoms with van der Waals surface area (Å²) >= 11 is 1.60. The first-order chi connectivity index (χ1) is 15.0. The van der Waals surface area contributed by atoms with E-state index in [0.29, 0.717) is 12.0 Å². The van der Waals surface area contributed by atoms with Crippen LogP contribution in [0.5, 0.6) is 0 Å². The van der Waals surface area contributed by atoms with Crippen LogP contribution in [0.25, 0.3) is 0 Å². The van der Waals surface area contributed by atoms with Gasteiger partial charge in [0.25, 0.3) is 5.91 Å². The summed E-state index contributed by atoms with van der Waals surface area (Å²) < 4.78 is -0.514. The van der Waals surface area contributed by atoms with Gasteiger partial charge in [0.15, 0.2) is 0 Å². The summed E-state index contributed by atoms with van der Waals surface area (Å²) in [5, 5.41) is 15.2. The van der Waals surface area contributed by atoms with Gasteiger partial charge in [-0.2, -0.15) is 0 Å². The molecule has 0 bridgehead atoms. The predicted octanol–water partition coefficient (Wildman–Crippen LogP) is 2.70. The Bertz CT molecular complexity index is 888. The summed E-state index contributed by atoms with van der Waals surface area (Å²) in [6, 6.07) is 5.65. The Morgan fingerprint density at radius 3 is 2.44 bits per heavy atom. The smallest absolute Gasteiger partial charge is 0.256 e. The highest BCUT2D eigenvalue weighted by atomic mass is 32.2. The van der Waals surface area contributed by atoms with Gasteiger partial charge in [-0.25, -0.2) is 0 Å². The number of aliphatic hydroxyl groups excluding tert-OH is 1. The molecule has 1 saturated heterocycles. The number of hydrogen-bond acceptors (Lipinski definition) is 5. The lowest BCUT2D eigenvalue weighted by Gasteiger charge is -2.33. The quantitative estimate of drug-likeness (QED) is 0.553. The van der Waals surface area contributed by atoms with Gasteiger partial charge in [0.2, 0.25) is 11.8 Å². The maximum Gasteiger partial charge on any atom is 0.256 e. The van der Waals surface area contributed by atoms with Crippen LogP contribution in [0.3, 0.4) is 0 Å². The Labute approximate surface area is 194 Å².